The summed E-state index contributed by atoms with van der Waals surface area (Å²) in [6, 6.07) is 12.6. The van der Waals surface area contributed by atoms with Crippen LogP contribution in [0.15, 0.2) is 53.1 Å². The molecule has 34 heavy (non-hydrogen) atoms. The molecule has 7 heteroatoms. The maximum atomic E-state index is 12.6. The van der Waals surface area contributed by atoms with E-state index in [0.717, 1.165) is 34.2 Å². The third-order valence-electron chi connectivity index (χ3n) is 5.54. The quantitative estimate of drug-likeness (QED) is 0.297. The lowest BCUT2D eigenvalue weighted by Crippen LogP contribution is -2.43. The van der Waals surface area contributed by atoms with E-state index < -0.39 is 24.6 Å². The maximum Gasteiger partial charge on any atom is 0.326 e. The van der Waals surface area contributed by atoms with E-state index in [0.29, 0.717) is 17.2 Å². The molecule has 2 aromatic rings. The molecule has 1 unspecified atom stereocenters. The Labute approximate surface area is 206 Å². The van der Waals surface area contributed by atoms with E-state index in [2.05, 4.69) is 18.3 Å². The molecular formula is C27H33ClFNO4. The molecule has 2 rings (SSSR count). The first-order valence-corrected chi connectivity index (χ1v) is 11.8. The average Bonchev–Trinajstić information content (AvgIpc) is 2.78. The summed E-state index contributed by atoms with van der Waals surface area (Å²) in [5, 5.41) is 12.6. The molecule has 0 aliphatic heterocycles. The number of carbonyl (C=O) groups is 2. The predicted molar refractivity (Wildman–Crippen MR) is 134 cm³/mol. The van der Waals surface area contributed by atoms with Gasteiger partial charge in [0, 0.05) is 17.0 Å². The van der Waals surface area contributed by atoms with Crippen LogP contribution in [0.3, 0.4) is 0 Å². The number of carboxylic acids is 1. The standard InChI is InChI=1S/C27H33ClFNO4/c1-5-21-14-20(16-34-13-12-29)8-11-23(21)22-9-6-19(7-10-22)15-24(27(32)33)30-26(31)25(17(2)3)18(4)28/h6-11,14,17,24H,5,12-13,15-16H2,1-4H3,(H,30,31)(H,32,33)/b25-18-. The van der Waals surface area contributed by atoms with Crippen molar-refractivity contribution < 1.29 is 23.8 Å². The van der Waals surface area contributed by atoms with Crippen LogP contribution in [-0.4, -0.2) is 36.3 Å². The van der Waals surface area contributed by atoms with E-state index in [9.17, 15) is 19.1 Å². The summed E-state index contributed by atoms with van der Waals surface area (Å²) >= 11 is 6.05. The van der Waals surface area contributed by atoms with E-state index in [1.165, 1.54) is 0 Å². The highest BCUT2D eigenvalue weighted by Gasteiger charge is 2.24. The number of aryl methyl sites for hydroxylation is 1. The average molecular weight is 490 g/mol. The van der Waals surface area contributed by atoms with Gasteiger partial charge in [-0.2, -0.15) is 0 Å². The molecule has 2 aromatic carbocycles. The molecule has 0 heterocycles. The zero-order valence-electron chi connectivity index (χ0n) is 20.2. The minimum atomic E-state index is -1.11. The largest absolute Gasteiger partial charge is 0.480 e. The van der Waals surface area contributed by atoms with Crippen molar-refractivity contribution in [2.45, 2.75) is 53.2 Å². The van der Waals surface area contributed by atoms with E-state index in [1.807, 2.05) is 50.2 Å². The Morgan fingerprint density at radius 2 is 1.76 bits per heavy atom. The van der Waals surface area contributed by atoms with Gasteiger partial charge in [-0.1, -0.05) is 74.8 Å². The predicted octanol–water partition coefficient (Wildman–Crippen LogP) is 5.68. The number of alkyl halides is 1. The fourth-order valence-electron chi connectivity index (χ4n) is 3.86. The number of nitrogens with one attached hydrogen (secondary N) is 1. The van der Waals surface area contributed by atoms with E-state index >= 15 is 0 Å². The molecule has 0 spiro atoms. The summed E-state index contributed by atoms with van der Waals surface area (Å²) in [6.07, 6.45) is 0.979. The van der Waals surface area contributed by atoms with Gasteiger partial charge in [0.1, 0.15) is 12.7 Å². The van der Waals surface area contributed by atoms with Crippen molar-refractivity contribution in [1.29, 1.82) is 0 Å². The van der Waals surface area contributed by atoms with Crippen LogP contribution < -0.4 is 5.32 Å². The second kappa shape index (κ2) is 13.3. The highest BCUT2D eigenvalue weighted by atomic mass is 35.5. The Morgan fingerprint density at radius 3 is 2.29 bits per heavy atom. The Bertz CT molecular complexity index is 1010. The molecule has 0 saturated carbocycles. The van der Waals surface area contributed by atoms with E-state index in [4.69, 9.17) is 16.3 Å². The number of carboxylic acid groups (broad SMARTS) is 1. The first-order valence-electron chi connectivity index (χ1n) is 11.4. The van der Waals surface area contributed by atoms with Crippen molar-refractivity contribution in [2.75, 3.05) is 13.3 Å². The lowest BCUT2D eigenvalue weighted by Gasteiger charge is -2.18. The molecule has 1 amide bonds. The van der Waals surface area contributed by atoms with Gasteiger partial charge in [0.25, 0.3) is 0 Å². The van der Waals surface area contributed by atoms with Gasteiger partial charge >= 0.3 is 5.97 Å². The number of halogens is 2. The molecule has 0 radical (unpaired) electrons. The highest BCUT2D eigenvalue weighted by Crippen LogP contribution is 2.26. The van der Waals surface area contributed by atoms with Crippen LogP contribution in [0.25, 0.3) is 11.1 Å². The minimum Gasteiger partial charge on any atom is -0.480 e. The third kappa shape index (κ3) is 7.67. The first-order chi connectivity index (χ1) is 16.2. The van der Waals surface area contributed by atoms with Crippen LogP contribution >= 0.6 is 11.6 Å². The summed E-state index contributed by atoms with van der Waals surface area (Å²) in [5.41, 5.74) is 5.41. The van der Waals surface area contributed by atoms with Crippen LogP contribution in [0.5, 0.6) is 0 Å². The highest BCUT2D eigenvalue weighted by molar-refractivity contribution is 6.31. The number of allylic oxidation sites excluding steroid dienone is 1. The maximum absolute atomic E-state index is 12.6. The molecular weight excluding hydrogens is 457 g/mol. The van der Waals surface area contributed by atoms with Crippen molar-refractivity contribution in [3.05, 3.63) is 69.8 Å². The van der Waals surface area contributed by atoms with Gasteiger partial charge in [-0.3, -0.25) is 4.79 Å². The number of carbonyl (C=O) groups excluding carboxylic acids is 1. The lowest BCUT2D eigenvalue weighted by atomic mass is 9.94. The van der Waals surface area contributed by atoms with Gasteiger partial charge in [0.2, 0.25) is 5.91 Å². The van der Waals surface area contributed by atoms with Crippen molar-refractivity contribution in [2.24, 2.45) is 5.92 Å². The molecule has 5 nitrogen and oxygen atoms in total. The molecule has 0 bridgehead atoms. The number of rotatable bonds is 12. The molecule has 0 aliphatic rings. The van der Waals surface area contributed by atoms with Crippen LogP contribution in [0.4, 0.5) is 4.39 Å². The SMILES string of the molecule is CCc1cc(COCCF)ccc1-c1ccc(CC(NC(=O)/C(=C(/C)Cl)C(C)C)C(=O)O)cc1. The lowest BCUT2D eigenvalue weighted by molar-refractivity contribution is -0.141. The zero-order chi connectivity index (χ0) is 25.3. The van der Waals surface area contributed by atoms with E-state index in [-0.39, 0.29) is 18.9 Å². The molecule has 1 atom stereocenters. The number of ether oxygens (including phenoxy) is 1. The Morgan fingerprint density at radius 1 is 1.12 bits per heavy atom. The third-order valence-corrected chi connectivity index (χ3v) is 5.75. The fraction of sp³-hybridized carbons (Fsp3) is 0.407. The van der Waals surface area contributed by atoms with Gasteiger partial charge in [-0.05, 0) is 47.1 Å². The van der Waals surface area contributed by atoms with Gasteiger partial charge in [-0.15, -0.1) is 0 Å². The minimum absolute atomic E-state index is 0.0863. The van der Waals surface area contributed by atoms with Gasteiger partial charge < -0.3 is 15.2 Å². The fourth-order valence-corrected chi connectivity index (χ4v) is 4.17. The van der Waals surface area contributed by atoms with E-state index in [1.54, 1.807) is 6.92 Å². The van der Waals surface area contributed by atoms with Crippen LogP contribution in [0, 0.1) is 5.92 Å². The van der Waals surface area contributed by atoms with Gasteiger partial charge in [0.15, 0.2) is 0 Å². The molecule has 2 N–H and O–H groups in total. The summed E-state index contributed by atoms with van der Waals surface area (Å²) in [4.78, 5) is 24.4. The number of aliphatic carboxylic acids is 1. The molecule has 0 fully saturated rings. The second-order valence-electron chi connectivity index (χ2n) is 8.45. The second-order valence-corrected chi connectivity index (χ2v) is 9.02. The van der Waals surface area contributed by atoms with Crippen molar-refractivity contribution in [3.63, 3.8) is 0 Å². The zero-order valence-corrected chi connectivity index (χ0v) is 20.9. The van der Waals surface area contributed by atoms with Crippen molar-refractivity contribution >= 4 is 23.5 Å². The summed E-state index contributed by atoms with van der Waals surface area (Å²) in [7, 11) is 0. The van der Waals surface area contributed by atoms with Gasteiger partial charge in [0.05, 0.1) is 13.2 Å². The summed E-state index contributed by atoms with van der Waals surface area (Å²) < 4.78 is 17.5. The Hall–Kier alpha value is -2.70. The Balaban J connectivity index is 2.17. The normalized spacial score (nSPS) is 12.9. The summed E-state index contributed by atoms with van der Waals surface area (Å²) in [5.74, 6) is -1.69. The smallest absolute Gasteiger partial charge is 0.326 e. The molecule has 0 aliphatic carbocycles. The van der Waals surface area contributed by atoms with Gasteiger partial charge in [-0.25, -0.2) is 9.18 Å². The first kappa shape index (κ1) is 27.5. The number of amides is 1. The monoisotopic (exact) mass is 489 g/mol. The van der Waals surface area contributed by atoms with Crippen molar-refractivity contribution in [3.8, 4) is 11.1 Å². The van der Waals surface area contributed by atoms with Crippen LogP contribution in [0.2, 0.25) is 0 Å². The number of hydrogen-bond acceptors (Lipinski definition) is 3. The molecule has 0 saturated heterocycles. The summed E-state index contributed by atoms with van der Waals surface area (Å²) in [6.45, 7) is 7.33. The van der Waals surface area contributed by atoms with Crippen LogP contribution in [0.1, 0.15) is 44.4 Å². The molecule has 184 valence electrons. The van der Waals surface area contributed by atoms with Crippen molar-refractivity contribution in [1.82, 2.24) is 5.32 Å². The van der Waals surface area contributed by atoms with Crippen LogP contribution in [-0.2, 0) is 33.8 Å². The molecule has 0 aromatic heterocycles. The Kier molecular flexibility index (Phi) is 10.7. The topological polar surface area (TPSA) is 75.6 Å². The number of hydrogen-bond donors (Lipinski definition) is 2. The number of benzene rings is 2.